The Kier molecular flexibility index (Phi) is 5.92. The van der Waals surface area contributed by atoms with Crippen LogP contribution in [0.25, 0.3) is 5.69 Å². The molecular weight excluding hydrogens is 342 g/mol. The number of benzene rings is 1. The molecule has 146 valence electrons. The molecule has 27 heavy (non-hydrogen) atoms. The van der Waals surface area contributed by atoms with Gasteiger partial charge in [-0.15, -0.1) is 5.10 Å². The second-order valence-electron chi connectivity index (χ2n) is 7.61. The standard InChI is InChI=1S/C20H29N5O2/c1-13(2)14(3)21-20(27)19-15(4)25(23-22-19)18-7-5-6-16-12-24(10-11-26)9-8-17(16)18/h5-7,13-14,26H,8-12H2,1-4H3,(H,21,27)/t14-/m1/s1. The molecule has 0 bridgehead atoms. The Labute approximate surface area is 160 Å². The summed E-state index contributed by atoms with van der Waals surface area (Å²) in [7, 11) is 0. The summed E-state index contributed by atoms with van der Waals surface area (Å²) >= 11 is 0. The van der Waals surface area contributed by atoms with Crippen molar-refractivity contribution < 1.29 is 9.90 Å². The van der Waals surface area contributed by atoms with E-state index in [9.17, 15) is 9.90 Å². The molecule has 0 radical (unpaired) electrons. The highest BCUT2D eigenvalue weighted by Gasteiger charge is 2.23. The van der Waals surface area contributed by atoms with Crippen molar-refractivity contribution in [1.82, 2.24) is 25.2 Å². The van der Waals surface area contributed by atoms with E-state index in [-0.39, 0.29) is 18.6 Å². The fourth-order valence-corrected chi connectivity index (χ4v) is 3.39. The summed E-state index contributed by atoms with van der Waals surface area (Å²) in [5.41, 5.74) is 4.58. The van der Waals surface area contributed by atoms with Gasteiger partial charge >= 0.3 is 0 Å². The molecule has 0 saturated heterocycles. The number of nitrogens with zero attached hydrogens (tertiary/aromatic N) is 4. The van der Waals surface area contributed by atoms with Gasteiger partial charge in [-0.2, -0.15) is 0 Å². The number of hydrogen-bond donors (Lipinski definition) is 2. The van der Waals surface area contributed by atoms with E-state index in [2.05, 4.69) is 40.4 Å². The number of rotatable bonds is 6. The van der Waals surface area contributed by atoms with E-state index < -0.39 is 0 Å². The highest BCUT2D eigenvalue weighted by molar-refractivity contribution is 5.93. The van der Waals surface area contributed by atoms with E-state index in [1.165, 1.54) is 11.1 Å². The summed E-state index contributed by atoms with van der Waals surface area (Å²) in [6.45, 7) is 10.6. The molecular formula is C20H29N5O2. The fraction of sp³-hybridized carbons (Fsp3) is 0.550. The first-order chi connectivity index (χ1) is 12.9. The maximum Gasteiger partial charge on any atom is 0.273 e. The molecule has 3 rings (SSSR count). The van der Waals surface area contributed by atoms with Crippen LogP contribution in [-0.4, -0.2) is 56.6 Å². The maximum absolute atomic E-state index is 12.6. The molecule has 0 spiro atoms. The van der Waals surface area contributed by atoms with Gasteiger partial charge in [-0.1, -0.05) is 31.2 Å². The number of nitrogens with one attached hydrogen (secondary N) is 1. The summed E-state index contributed by atoms with van der Waals surface area (Å²) in [5, 5.41) is 20.6. The lowest BCUT2D eigenvalue weighted by Crippen LogP contribution is -2.36. The lowest BCUT2D eigenvalue weighted by atomic mass is 9.97. The number of aromatic nitrogens is 3. The third kappa shape index (κ3) is 4.04. The van der Waals surface area contributed by atoms with E-state index >= 15 is 0 Å². The van der Waals surface area contributed by atoms with E-state index in [0.717, 1.165) is 30.9 Å². The van der Waals surface area contributed by atoms with Crippen molar-refractivity contribution in [3.8, 4) is 5.69 Å². The van der Waals surface area contributed by atoms with Crippen molar-refractivity contribution in [2.45, 2.75) is 46.7 Å². The Morgan fingerprint density at radius 3 is 2.81 bits per heavy atom. The van der Waals surface area contributed by atoms with Gasteiger partial charge < -0.3 is 10.4 Å². The molecule has 7 heteroatoms. The average Bonchev–Trinajstić information content (AvgIpc) is 3.02. The smallest absolute Gasteiger partial charge is 0.273 e. The number of carbonyl (C=O) groups excluding carboxylic acids is 1. The monoisotopic (exact) mass is 371 g/mol. The van der Waals surface area contributed by atoms with Crippen molar-refractivity contribution in [3.05, 3.63) is 40.7 Å². The van der Waals surface area contributed by atoms with Crippen LogP contribution in [0, 0.1) is 12.8 Å². The molecule has 1 aliphatic rings. The molecule has 0 fully saturated rings. The molecule has 1 aromatic carbocycles. The van der Waals surface area contributed by atoms with Crippen molar-refractivity contribution in [3.63, 3.8) is 0 Å². The van der Waals surface area contributed by atoms with Crippen LogP contribution < -0.4 is 5.32 Å². The van der Waals surface area contributed by atoms with Crippen molar-refractivity contribution >= 4 is 5.91 Å². The minimum absolute atomic E-state index is 0.0732. The fourth-order valence-electron chi connectivity index (χ4n) is 3.39. The summed E-state index contributed by atoms with van der Waals surface area (Å²) in [6.07, 6.45) is 0.886. The van der Waals surface area contributed by atoms with Gasteiger partial charge in [0.15, 0.2) is 5.69 Å². The third-order valence-electron chi connectivity index (χ3n) is 5.43. The van der Waals surface area contributed by atoms with Gasteiger partial charge in [-0.25, -0.2) is 4.68 Å². The first-order valence-corrected chi connectivity index (χ1v) is 9.60. The van der Waals surface area contributed by atoms with Crippen LogP contribution in [0.2, 0.25) is 0 Å². The zero-order chi connectivity index (χ0) is 19.6. The SMILES string of the molecule is Cc1c(C(=O)N[C@H](C)C(C)C)nnn1-c1cccc2c1CCN(CCO)C2. The average molecular weight is 371 g/mol. The zero-order valence-electron chi connectivity index (χ0n) is 16.6. The van der Waals surface area contributed by atoms with Gasteiger partial charge in [0.25, 0.3) is 5.91 Å². The Morgan fingerprint density at radius 2 is 2.11 bits per heavy atom. The minimum atomic E-state index is -0.182. The molecule has 1 aliphatic heterocycles. The van der Waals surface area contributed by atoms with Crippen LogP contribution in [0.5, 0.6) is 0 Å². The highest BCUT2D eigenvalue weighted by Crippen LogP contribution is 2.26. The van der Waals surface area contributed by atoms with Crippen LogP contribution in [0.15, 0.2) is 18.2 Å². The van der Waals surface area contributed by atoms with E-state index in [1.807, 2.05) is 26.0 Å². The summed E-state index contributed by atoms with van der Waals surface area (Å²) in [4.78, 5) is 14.8. The van der Waals surface area contributed by atoms with Crippen LogP contribution in [0.1, 0.15) is 48.1 Å². The van der Waals surface area contributed by atoms with Gasteiger partial charge in [-0.05, 0) is 43.4 Å². The molecule has 0 unspecified atom stereocenters. The van der Waals surface area contributed by atoms with Crippen molar-refractivity contribution in [2.75, 3.05) is 19.7 Å². The van der Waals surface area contributed by atoms with Gasteiger partial charge in [0.1, 0.15) is 0 Å². The molecule has 2 N–H and O–H groups in total. The number of fused-ring (bicyclic) bond motifs is 1. The molecule has 2 heterocycles. The molecule has 1 aromatic heterocycles. The van der Waals surface area contributed by atoms with Gasteiger partial charge in [0.2, 0.25) is 0 Å². The molecule has 1 amide bonds. The summed E-state index contributed by atoms with van der Waals surface area (Å²) < 4.78 is 1.77. The number of aliphatic hydroxyl groups is 1. The lowest BCUT2D eigenvalue weighted by molar-refractivity contribution is 0.0924. The molecule has 1 atom stereocenters. The normalized spacial score (nSPS) is 15.6. The van der Waals surface area contributed by atoms with Crippen LogP contribution in [0.3, 0.4) is 0 Å². The minimum Gasteiger partial charge on any atom is -0.395 e. The van der Waals surface area contributed by atoms with Gasteiger partial charge in [0, 0.05) is 25.7 Å². The van der Waals surface area contributed by atoms with Crippen LogP contribution in [0.4, 0.5) is 0 Å². The molecule has 7 nitrogen and oxygen atoms in total. The van der Waals surface area contributed by atoms with E-state index in [0.29, 0.717) is 18.2 Å². The Bertz CT molecular complexity index is 815. The molecule has 0 saturated carbocycles. The Morgan fingerprint density at radius 1 is 1.33 bits per heavy atom. The van der Waals surface area contributed by atoms with Crippen LogP contribution >= 0.6 is 0 Å². The number of hydrogen-bond acceptors (Lipinski definition) is 5. The maximum atomic E-state index is 12.6. The largest absolute Gasteiger partial charge is 0.395 e. The Balaban J connectivity index is 1.88. The molecule has 2 aromatic rings. The first-order valence-electron chi connectivity index (χ1n) is 9.60. The second-order valence-corrected chi connectivity index (χ2v) is 7.61. The van der Waals surface area contributed by atoms with Crippen LogP contribution in [-0.2, 0) is 13.0 Å². The number of aliphatic hydroxyl groups excluding tert-OH is 1. The van der Waals surface area contributed by atoms with Crippen molar-refractivity contribution in [1.29, 1.82) is 0 Å². The van der Waals surface area contributed by atoms with E-state index in [4.69, 9.17) is 0 Å². The van der Waals surface area contributed by atoms with Crippen molar-refractivity contribution in [2.24, 2.45) is 5.92 Å². The summed E-state index contributed by atoms with van der Waals surface area (Å²) in [6, 6.07) is 6.23. The lowest BCUT2D eigenvalue weighted by Gasteiger charge is -2.29. The molecule has 0 aliphatic carbocycles. The predicted octanol–water partition coefficient (Wildman–Crippen LogP) is 1.70. The summed E-state index contributed by atoms with van der Waals surface area (Å²) in [5.74, 6) is 0.172. The topological polar surface area (TPSA) is 83.3 Å². The number of carbonyl (C=O) groups is 1. The Hall–Kier alpha value is -2.25. The third-order valence-corrected chi connectivity index (χ3v) is 5.43. The zero-order valence-corrected chi connectivity index (χ0v) is 16.6. The van der Waals surface area contributed by atoms with E-state index in [1.54, 1.807) is 4.68 Å². The quantitative estimate of drug-likeness (QED) is 0.808. The number of amides is 1. The number of β-amino-alcohol motifs (C(OH)–C–C–N with tert-alkyl or cyclic N) is 1. The van der Waals surface area contributed by atoms with Gasteiger partial charge in [0.05, 0.1) is 18.0 Å². The van der Waals surface area contributed by atoms with Gasteiger partial charge in [-0.3, -0.25) is 9.69 Å². The highest BCUT2D eigenvalue weighted by atomic mass is 16.3. The predicted molar refractivity (Wildman–Crippen MR) is 104 cm³/mol. The second kappa shape index (κ2) is 8.19. The first kappa shape index (κ1) is 19.5.